The molecule has 0 amide bonds. The molecule has 1 rings (SSSR count). The van der Waals surface area contributed by atoms with Crippen LogP contribution >= 0.6 is 0 Å². The van der Waals surface area contributed by atoms with Gasteiger partial charge in [0.2, 0.25) is 0 Å². The number of hydrogen-bond acceptors (Lipinski definition) is 8. The van der Waals surface area contributed by atoms with Crippen LogP contribution in [0.3, 0.4) is 0 Å². The smallest absolute Gasteiger partial charge is 0.349 e. The number of carbonyl (C=O) groups is 2. The molecule has 0 spiro atoms. The summed E-state index contributed by atoms with van der Waals surface area (Å²) in [5.41, 5.74) is 0.887. The van der Waals surface area contributed by atoms with Crippen molar-refractivity contribution in [1.82, 2.24) is 0 Å². The Bertz CT molecular complexity index is 794. The highest BCUT2D eigenvalue weighted by molar-refractivity contribution is 5.98. The second-order valence-corrected chi connectivity index (χ2v) is 5.77. The first-order chi connectivity index (χ1) is 13.3. The molecule has 0 aliphatic carbocycles. The Morgan fingerprint density at radius 1 is 1.29 bits per heavy atom. The summed E-state index contributed by atoms with van der Waals surface area (Å²) in [6.07, 6.45) is 1.21. The zero-order valence-electron chi connectivity index (χ0n) is 16.0. The number of phenolic OH excluding ortho intramolecular Hbond substituents is 1. The van der Waals surface area contributed by atoms with E-state index >= 15 is 0 Å². The van der Waals surface area contributed by atoms with Crippen LogP contribution in [0, 0.1) is 11.3 Å². The molecular weight excluding hydrogens is 364 g/mol. The van der Waals surface area contributed by atoms with Gasteiger partial charge in [-0.3, -0.25) is 0 Å². The van der Waals surface area contributed by atoms with Crippen molar-refractivity contribution >= 4 is 23.7 Å². The van der Waals surface area contributed by atoms with Gasteiger partial charge < -0.3 is 24.6 Å². The van der Waals surface area contributed by atoms with Crippen molar-refractivity contribution in [1.29, 1.82) is 5.26 Å². The van der Waals surface area contributed by atoms with Crippen molar-refractivity contribution < 1.29 is 29.3 Å². The Labute approximate surface area is 163 Å². The number of phenols is 1. The monoisotopic (exact) mass is 388 g/mol. The number of benzene rings is 1. The van der Waals surface area contributed by atoms with Crippen LogP contribution < -0.4 is 4.90 Å². The van der Waals surface area contributed by atoms with E-state index < -0.39 is 11.9 Å². The molecule has 8 nitrogen and oxygen atoms in total. The predicted octanol–water partition coefficient (Wildman–Crippen LogP) is 1.78. The minimum absolute atomic E-state index is 0.0254. The first-order valence-corrected chi connectivity index (χ1v) is 8.64. The number of ether oxygens (including phenoxy) is 2. The van der Waals surface area contributed by atoms with Gasteiger partial charge in [0.15, 0.2) is 0 Å². The highest BCUT2D eigenvalue weighted by Gasteiger charge is 2.14. The second-order valence-electron chi connectivity index (χ2n) is 5.77. The Morgan fingerprint density at radius 3 is 2.43 bits per heavy atom. The summed E-state index contributed by atoms with van der Waals surface area (Å²) in [5, 5.41) is 28.5. The third-order valence-corrected chi connectivity index (χ3v) is 3.67. The SMILES string of the molecule is C=C(C)C(=O)OCCOC(=O)C(C#N)=Cc1ccc(N(CC)CCO)cc1O. The quantitative estimate of drug-likeness (QED) is 0.269. The lowest BCUT2D eigenvalue weighted by molar-refractivity contribution is -0.147. The number of hydrogen-bond donors (Lipinski definition) is 2. The van der Waals surface area contributed by atoms with Crippen molar-refractivity contribution in [3.63, 3.8) is 0 Å². The molecule has 0 saturated carbocycles. The molecule has 0 atom stereocenters. The fourth-order valence-electron chi connectivity index (χ4n) is 2.20. The van der Waals surface area contributed by atoms with Gasteiger partial charge >= 0.3 is 11.9 Å². The second kappa shape index (κ2) is 11.4. The topological polar surface area (TPSA) is 120 Å². The largest absolute Gasteiger partial charge is 0.507 e. The number of anilines is 1. The van der Waals surface area contributed by atoms with E-state index in [4.69, 9.17) is 14.6 Å². The molecular formula is C20H24N2O6. The van der Waals surface area contributed by atoms with Crippen LogP contribution in [0.4, 0.5) is 5.69 Å². The molecule has 0 heterocycles. The van der Waals surface area contributed by atoms with E-state index in [9.17, 15) is 20.0 Å². The van der Waals surface area contributed by atoms with Crippen molar-refractivity contribution in [2.45, 2.75) is 13.8 Å². The molecule has 1 aromatic carbocycles. The molecule has 8 heteroatoms. The minimum Gasteiger partial charge on any atom is -0.507 e. The molecule has 0 unspecified atom stereocenters. The molecule has 0 aliphatic heterocycles. The van der Waals surface area contributed by atoms with E-state index in [1.54, 1.807) is 18.2 Å². The van der Waals surface area contributed by atoms with E-state index in [0.717, 1.165) is 0 Å². The summed E-state index contributed by atoms with van der Waals surface area (Å²) in [4.78, 5) is 25.1. The Morgan fingerprint density at radius 2 is 1.93 bits per heavy atom. The normalized spacial score (nSPS) is 10.7. The number of aliphatic hydroxyl groups excluding tert-OH is 1. The van der Waals surface area contributed by atoms with Gasteiger partial charge in [-0.1, -0.05) is 6.58 Å². The first-order valence-electron chi connectivity index (χ1n) is 8.64. The van der Waals surface area contributed by atoms with Gasteiger partial charge in [-0.05, 0) is 32.1 Å². The molecule has 0 bridgehead atoms. The lowest BCUT2D eigenvalue weighted by Gasteiger charge is -2.22. The lowest BCUT2D eigenvalue weighted by Crippen LogP contribution is -2.25. The van der Waals surface area contributed by atoms with E-state index in [1.165, 1.54) is 19.1 Å². The van der Waals surface area contributed by atoms with Gasteiger partial charge in [0.25, 0.3) is 0 Å². The maximum Gasteiger partial charge on any atom is 0.349 e. The summed E-state index contributed by atoms with van der Waals surface area (Å²) >= 11 is 0. The van der Waals surface area contributed by atoms with Crippen LogP contribution in [-0.2, 0) is 19.1 Å². The number of aliphatic hydroxyl groups is 1. The van der Waals surface area contributed by atoms with Gasteiger partial charge in [0, 0.05) is 36.0 Å². The van der Waals surface area contributed by atoms with Gasteiger partial charge in [0.05, 0.1) is 6.61 Å². The Balaban J connectivity index is 2.80. The minimum atomic E-state index is -0.896. The number of nitrogens with zero attached hydrogens (tertiary/aromatic N) is 2. The van der Waals surface area contributed by atoms with Crippen LogP contribution in [-0.4, -0.2) is 55.1 Å². The standard InChI is InChI=1S/C20H24N2O6/c1-4-22(7-8-23)17-6-5-15(18(24)12-17)11-16(13-21)20(26)28-10-9-27-19(25)14(2)3/h5-6,11-12,23-24H,2,4,7-10H2,1,3H3. The molecule has 28 heavy (non-hydrogen) atoms. The zero-order chi connectivity index (χ0) is 21.1. The highest BCUT2D eigenvalue weighted by Crippen LogP contribution is 2.26. The van der Waals surface area contributed by atoms with Crippen molar-refractivity contribution in [2.24, 2.45) is 0 Å². The summed E-state index contributed by atoms with van der Waals surface area (Å²) in [5.74, 6) is -1.61. The molecule has 1 aromatic rings. The number of rotatable bonds is 10. The van der Waals surface area contributed by atoms with Gasteiger partial charge in [-0.2, -0.15) is 5.26 Å². The first kappa shape index (κ1) is 22.7. The summed E-state index contributed by atoms with van der Waals surface area (Å²) in [7, 11) is 0. The van der Waals surface area contributed by atoms with Crippen LogP contribution in [0.5, 0.6) is 5.75 Å². The summed E-state index contributed by atoms with van der Waals surface area (Å²) < 4.78 is 9.68. The number of esters is 2. The Kier molecular flexibility index (Phi) is 9.27. The molecule has 0 saturated heterocycles. The van der Waals surface area contributed by atoms with Crippen molar-refractivity contribution in [2.75, 3.05) is 37.8 Å². The average molecular weight is 388 g/mol. The zero-order valence-corrected chi connectivity index (χ0v) is 16.0. The summed E-state index contributed by atoms with van der Waals surface area (Å²) in [6, 6.07) is 6.48. The van der Waals surface area contributed by atoms with Gasteiger partial charge in [-0.25, -0.2) is 9.59 Å². The molecule has 2 N–H and O–H groups in total. The van der Waals surface area contributed by atoms with Crippen LogP contribution in [0.2, 0.25) is 0 Å². The number of aromatic hydroxyl groups is 1. The molecule has 0 radical (unpaired) electrons. The fourth-order valence-corrected chi connectivity index (χ4v) is 2.20. The fraction of sp³-hybridized carbons (Fsp3) is 0.350. The van der Waals surface area contributed by atoms with E-state index in [2.05, 4.69) is 6.58 Å². The maximum absolute atomic E-state index is 12.0. The van der Waals surface area contributed by atoms with Crippen molar-refractivity contribution in [3.05, 3.63) is 41.5 Å². The number of nitriles is 1. The Hall–Kier alpha value is -3.31. The predicted molar refractivity (Wildman–Crippen MR) is 103 cm³/mol. The highest BCUT2D eigenvalue weighted by atomic mass is 16.6. The maximum atomic E-state index is 12.0. The van der Waals surface area contributed by atoms with Crippen molar-refractivity contribution in [3.8, 4) is 11.8 Å². The number of likely N-dealkylation sites (N-methyl/N-ethyl adjacent to an activating group) is 1. The average Bonchev–Trinajstić information content (AvgIpc) is 2.67. The van der Waals surface area contributed by atoms with Gasteiger partial charge in [-0.15, -0.1) is 0 Å². The third kappa shape index (κ3) is 6.78. The molecule has 0 aliphatic rings. The van der Waals surface area contributed by atoms with E-state index in [1.807, 2.05) is 11.8 Å². The lowest BCUT2D eigenvalue weighted by atomic mass is 10.1. The summed E-state index contributed by atoms with van der Waals surface area (Å²) in [6.45, 7) is 7.49. The number of carbonyl (C=O) groups excluding carboxylic acids is 2. The van der Waals surface area contributed by atoms with Crippen LogP contribution in [0.25, 0.3) is 6.08 Å². The molecule has 0 fully saturated rings. The third-order valence-electron chi connectivity index (χ3n) is 3.67. The van der Waals surface area contributed by atoms with Crippen LogP contribution in [0.15, 0.2) is 35.9 Å². The van der Waals surface area contributed by atoms with E-state index in [0.29, 0.717) is 18.8 Å². The molecule has 150 valence electrons. The van der Waals surface area contributed by atoms with Gasteiger partial charge in [0.1, 0.15) is 30.6 Å². The molecule has 0 aromatic heterocycles. The van der Waals surface area contributed by atoms with Crippen LogP contribution in [0.1, 0.15) is 19.4 Å². The van der Waals surface area contributed by atoms with E-state index in [-0.39, 0.29) is 42.3 Å².